The summed E-state index contributed by atoms with van der Waals surface area (Å²) in [5.74, 6) is -0.207. The summed E-state index contributed by atoms with van der Waals surface area (Å²) in [6.45, 7) is 1.92. The van der Waals surface area contributed by atoms with Crippen LogP contribution in [0.15, 0.2) is 23.2 Å². The minimum Gasteiger partial charge on any atom is -0.378 e. The third-order valence-corrected chi connectivity index (χ3v) is 2.36. The molecule has 0 aliphatic heterocycles. The number of hydrogen-bond acceptors (Lipinski definition) is 2. The van der Waals surface area contributed by atoms with Crippen molar-refractivity contribution < 1.29 is 4.79 Å². The van der Waals surface area contributed by atoms with Crippen LogP contribution >= 0.6 is 0 Å². The van der Waals surface area contributed by atoms with Gasteiger partial charge in [0.1, 0.15) is 0 Å². The summed E-state index contributed by atoms with van der Waals surface area (Å²) in [6, 6.07) is 5.73. The highest BCUT2D eigenvalue weighted by atomic mass is 16.1. The summed E-state index contributed by atoms with van der Waals surface area (Å²) in [6.07, 6.45) is 1.52. The molecule has 0 aliphatic rings. The van der Waals surface area contributed by atoms with Gasteiger partial charge in [-0.15, -0.1) is 0 Å². The maximum atomic E-state index is 11.8. The Morgan fingerprint density at radius 3 is 2.35 bits per heavy atom. The summed E-state index contributed by atoms with van der Waals surface area (Å²) in [5, 5.41) is 0. The van der Waals surface area contributed by atoms with Crippen LogP contribution in [-0.4, -0.2) is 45.3 Å². The van der Waals surface area contributed by atoms with E-state index in [9.17, 15) is 4.79 Å². The van der Waals surface area contributed by atoms with E-state index < -0.39 is 0 Å². The first kappa shape index (κ1) is 13.2. The lowest BCUT2D eigenvalue weighted by Gasteiger charge is -2.14. The van der Waals surface area contributed by atoms with E-state index >= 15 is 0 Å². The van der Waals surface area contributed by atoms with Gasteiger partial charge in [0.05, 0.1) is 6.34 Å². The van der Waals surface area contributed by atoms with Crippen LogP contribution in [0.5, 0.6) is 0 Å². The van der Waals surface area contributed by atoms with Gasteiger partial charge in [0.25, 0.3) is 5.91 Å². The topological polar surface area (TPSA) is 35.9 Å². The number of nitrogens with zero attached hydrogens (tertiary/aromatic N) is 3. The molecule has 0 atom stereocenters. The standard InChI is InChI=1S/C13H19N3O/c1-10-8-11(16(4)5)6-7-12(10)13(17)14-9-15(2)3/h6-9H,1-5H3/b14-9+. The highest BCUT2D eigenvalue weighted by Crippen LogP contribution is 2.17. The van der Waals surface area contributed by atoms with Crippen molar-refractivity contribution in [2.45, 2.75) is 6.92 Å². The van der Waals surface area contributed by atoms with Crippen LogP contribution in [0.4, 0.5) is 5.69 Å². The quantitative estimate of drug-likeness (QED) is 0.590. The fourth-order valence-electron chi connectivity index (χ4n) is 1.40. The molecule has 0 bridgehead atoms. The molecule has 0 unspecified atom stereocenters. The summed E-state index contributed by atoms with van der Waals surface area (Å²) in [4.78, 5) is 19.4. The Morgan fingerprint density at radius 2 is 1.88 bits per heavy atom. The molecule has 1 aromatic carbocycles. The second kappa shape index (κ2) is 5.48. The van der Waals surface area contributed by atoms with Crippen molar-refractivity contribution in [3.05, 3.63) is 29.3 Å². The van der Waals surface area contributed by atoms with Crippen molar-refractivity contribution in [1.82, 2.24) is 4.90 Å². The van der Waals surface area contributed by atoms with Crippen LogP contribution < -0.4 is 4.90 Å². The first-order chi connectivity index (χ1) is 7.91. The molecule has 0 radical (unpaired) electrons. The Hall–Kier alpha value is -1.84. The highest BCUT2D eigenvalue weighted by Gasteiger charge is 2.08. The zero-order chi connectivity index (χ0) is 13.0. The zero-order valence-electron chi connectivity index (χ0n) is 11.1. The third kappa shape index (κ3) is 3.59. The lowest BCUT2D eigenvalue weighted by molar-refractivity contribution is 0.100. The van der Waals surface area contributed by atoms with Crippen molar-refractivity contribution in [3.63, 3.8) is 0 Å². The van der Waals surface area contributed by atoms with Gasteiger partial charge in [0.2, 0.25) is 0 Å². The van der Waals surface area contributed by atoms with E-state index in [1.807, 2.05) is 58.2 Å². The van der Waals surface area contributed by atoms with Gasteiger partial charge in [-0.2, -0.15) is 4.99 Å². The Morgan fingerprint density at radius 1 is 1.24 bits per heavy atom. The van der Waals surface area contributed by atoms with Gasteiger partial charge in [-0.25, -0.2) is 0 Å². The maximum absolute atomic E-state index is 11.8. The molecule has 0 aliphatic carbocycles. The van der Waals surface area contributed by atoms with Crippen LogP contribution in [-0.2, 0) is 0 Å². The van der Waals surface area contributed by atoms with Gasteiger partial charge >= 0.3 is 0 Å². The zero-order valence-corrected chi connectivity index (χ0v) is 11.1. The fraction of sp³-hybridized carbons (Fsp3) is 0.385. The minimum atomic E-state index is -0.207. The van der Waals surface area contributed by atoms with Crippen molar-refractivity contribution >= 4 is 17.9 Å². The van der Waals surface area contributed by atoms with Crippen molar-refractivity contribution in [2.24, 2.45) is 4.99 Å². The number of benzene rings is 1. The lowest BCUT2D eigenvalue weighted by atomic mass is 10.1. The first-order valence-corrected chi connectivity index (χ1v) is 5.44. The molecule has 1 aromatic rings. The summed E-state index contributed by atoms with van der Waals surface area (Å²) in [5.41, 5.74) is 2.67. The number of rotatable bonds is 3. The Bertz CT molecular complexity index is 436. The molecule has 1 amide bonds. The Labute approximate surface area is 103 Å². The number of aliphatic imine (C=N–C) groups is 1. The van der Waals surface area contributed by atoms with Gasteiger partial charge in [0, 0.05) is 39.4 Å². The second-order valence-electron chi connectivity index (χ2n) is 4.41. The Balaban J connectivity index is 2.96. The van der Waals surface area contributed by atoms with Crippen LogP contribution in [0.3, 0.4) is 0 Å². The number of hydrogen-bond donors (Lipinski definition) is 0. The van der Waals surface area contributed by atoms with E-state index in [1.165, 1.54) is 6.34 Å². The van der Waals surface area contributed by atoms with E-state index in [0.29, 0.717) is 5.56 Å². The molecule has 1 rings (SSSR count). The van der Waals surface area contributed by atoms with Crippen molar-refractivity contribution in [2.75, 3.05) is 33.1 Å². The largest absolute Gasteiger partial charge is 0.378 e. The number of carbonyl (C=O) groups is 1. The van der Waals surface area contributed by atoms with E-state index in [1.54, 1.807) is 4.90 Å². The summed E-state index contributed by atoms with van der Waals surface area (Å²) >= 11 is 0. The first-order valence-electron chi connectivity index (χ1n) is 5.44. The molecule has 4 nitrogen and oxygen atoms in total. The average Bonchev–Trinajstić information content (AvgIpc) is 2.25. The monoisotopic (exact) mass is 233 g/mol. The van der Waals surface area contributed by atoms with Crippen LogP contribution in [0.1, 0.15) is 15.9 Å². The molecule has 0 spiro atoms. The third-order valence-electron chi connectivity index (χ3n) is 2.36. The van der Waals surface area contributed by atoms with Gasteiger partial charge in [-0.3, -0.25) is 4.79 Å². The van der Waals surface area contributed by atoms with Gasteiger partial charge in [-0.1, -0.05) is 0 Å². The molecule has 0 aromatic heterocycles. The van der Waals surface area contributed by atoms with Crippen LogP contribution in [0, 0.1) is 6.92 Å². The highest BCUT2D eigenvalue weighted by molar-refractivity contribution is 6.00. The van der Waals surface area contributed by atoms with Gasteiger partial charge in [-0.05, 0) is 30.7 Å². The summed E-state index contributed by atoms with van der Waals surface area (Å²) in [7, 11) is 7.61. The molecular weight excluding hydrogens is 214 g/mol. The van der Waals surface area contributed by atoms with Gasteiger partial charge in [0.15, 0.2) is 0 Å². The van der Waals surface area contributed by atoms with Crippen LogP contribution in [0.25, 0.3) is 0 Å². The maximum Gasteiger partial charge on any atom is 0.278 e. The molecule has 17 heavy (non-hydrogen) atoms. The number of carbonyl (C=O) groups excluding carboxylic acids is 1. The SMILES string of the molecule is Cc1cc(N(C)C)ccc1C(=O)/N=C/N(C)C. The predicted molar refractivity (Wildman–Crippen MR) is 72.0 cm³/mol. The molecule has 0 heterocycles. The second-order valence-corrected chi connectivity index (χ2v) is 4.41. The van der Waals surface area contributed by atoms with Crippen molar-refractivity contribution in [3.8, 4) is 0 Å². The molecule has 92 valence electrons. The van der Waals surface area contributed by atoms with Gasteiger partial charge < -0.3 is 9.80 Å². The number of aryl methyl sites for hydroxylation is 1. The normalized spacial score (nSPS) is 10.6. The van der Waals surface area contributed by atoms with Crippen LogP contribution in [0.2, 0.25) is 0 Å². The van der Waals surface area contributed by atoms with E-state index in [-0.39, 0.29) is 5.91 Å². The smallest absolute Gasteiger partial charge is 0.278 e. The fourth-order valence-corrected chi connectivity index (χ4v) is 1.40. The number of anilines is 1. The predicted octanol–water partition coefficient (Wildman–Crippen LogP) is 1.79. The minimum absolute atomic E-state index is 0.207. The Kier molecular flexibility index (Phi) is 4.26. The molecule has 0 saturated heterocycles. The molecule has 0 saturated carbocycles. The van der Waals surface area contributed by atoms with E-state index in [2.05, 4.69) is 4.99 Å². The molecule has 0 N–H and O–H groups in total. The molecular formula is C13H19N3O. The van der Waals surface area contributed by atoms with E-state index in [4.69, 9.17) is 0 Å². The molecule has 4 heteroatoms. The van der Waals surface area contributed by atoms with E-state index in [0.717, 1.165) is 11.3 Å². The number of amides is 1. The average molecular weight is 233 g/mol. The lowest BCUT2D eigenvalue weighted by Crippen LogP contribution is -2.11. The molecule has 0 fully saturated rings. The summed E-state index contributed by atoms with van der Waals surface area (Å²) < 4.78 is 0. The van der Waals surface area contributed by atoms with Crippen molar-refractivity contribution in [1.29, 1.82) is 0 Å².